The number of hydrogen-bond donors (Lipinski definition) is 0. The van der Waals surface area contributed by atoms with Crippen molar-refractivity contribution >= 4 is 0 Å². The van der Waals surface area contributed by atoms with E-state index in [-0.39, 0.29) is 0 Å². The Morgan fingerprint density at radius 3 is 2.48 bits per heavy atom. The monoisotopic (exact) mass is 282 g/mol. The van der Waals surface area contributed by atoms with Crippen LogP contribution in [0.3, 0.4) is 0 Å². The van der Waals surface area contributed by atoms with Crippen LogP contribution in [0, 0.1) is 11.8 Å². The van der Waals surface area contributed by atoms with Crippen molar-refractivity contribution in [3.63, 3.8) is 0 Å². The van der Waals surface area contributed by atoms with Crippen LogP contribution in [0.2, 0.25) is 0 Å². The van der Waals surface area contributed by atoms with Gasteiger partial charge < -0.3 is 0 Å². The molecule has 0 heterocycles. The lowest BCUT2D eigenvalue weighted by Crippen LogP contribution is -2.37. The van der Waals surface area contributed by atoms with Crippen LogP contribution in [0.5, 0.6) is 0 Å². The maximum Gasteiger partial charge on any atom is -0.00211 e. The molecule has 0 amide bonds. The molecule has 1 saturated carbocycles. The highest BCUT2D eigenvalue weighted by molar-refractivity contribution is 5.27. The molecule has 21 heavy (non-hydrogen) atoms. The predicted octanol–water partition coefficient (Wildman–Crippen LogP) is 6.28. The van der Waals surface area contributed by atoms with Gasteiger partial charge in [-0.15, -0.1) is 5.73 Å². The summed E-state index contributed by atoms with van der Waals surface area (Å²) in [5.74, 6) is 1.61. The van der Waals surface area contributed by atoms with Crippen molar-refractivity contribution in [1.82, 2.24) is 0 Å². The van der Waals surface area contributed by atoms with Gasteiger partial charge in [-0.2, -0.15) is 0 Å². The first kappa shape index (κ1) is 16.1. The summed E-state index contributed by atoms with van der Waals surface area (Å²) in [4.78, 5) is 0. The van der Waals surface area contributed by atoms with E-state index in [0.29, 0.717) is 5.41 Å². The van der Waals surface area contributed by atoms with Crippen LogP contribution >= 0.6 is 0 Å². The van der Waals surface area contributed by atoms with Gasteiger partial charge in [0, 0.05) is 0 Å². The Balaban J connectivity index is 2.22. The SMILES string of the molecule is C=C=C(C)CCC(C)C1(c2ccccc2)CCC(C)CC1. The minimum absolute atomic E-state index is 0.384. The molecule has 0 spiro atoms. The smallest absolute Gasteiger partial charge is 0.00211 e. The summed E-state index contributed by atoms with van der Waals surface area (Å²) in [7, 11) is 0. The molecule has 1 aliphatic rings. The van der Waals surface area contributed by atoms with Crippen LogP contribution in [-0.4, -0.2) is 0 Å². The van der Waals surface area contributed by atoms with E-state index >= 15 is 0 Å². The topological polar surface area (TPSA) is 0 Å². The van der Waals surface area contributed by atoms with E-state index in [2.05, 4.69) is 63.4 Å². The molecule has 0 bridgehead atoms. The van der Waals surface area contributed by atoms with Crippen molar-refractivity contribution in [2.45, 2.75) is 64.7 Å². The van der Waals surface area contributed by atoms with Gasteiger partial charge in [0.25, 0.3) is 0 Å². The number of benzene rings is 1. The summed E-state index contributed by atoms with van der Waals surface area (Å²) in [6.07, 6.45) is 7.81. The third kappa shape index (κ3) is 3.69. The van der Waals surface area contributed by atoms with Crippen LogP contribution in [0.15, 0.2) is 48.2 Å². The van der Waals surface area contributed by atoms with Gasteiger partial charge in [-0.05, 0) is 73.8 Å². The first-order valence-electron chi connectivity index (χ1n) is 8.49. The fourth-order valence-electron chi connectivity index (χ4n) is 3.91. The van der Waals surface area contributed by atoms with Crippen molar-refractivity contribution in [3.05, 3.63) is 53.8 Å². The maximum atomic E-state index is 3.77. The fraction of sp³-hybridized carbons (Fsp3) is 0.571. The predicted molar refractivity (Wildman–Crippen MR) is 92.5 cm³/mol. The van der Waals surface area contributed by atoms with Gasteiger partial charge in [0.15, 0.2) is 0 Å². The van der Waals surface area contributed by atoms with Gasteiger partial charge in [-0.1, -0.05) is 50.8 Å². The normalized spacial score (nSPS) is 26.9. The lowest BCUT2D eigenvalue weighted by atomic mass is 9.60. The molecule has 1 aromatic rings. The summed E-state index contributed by atoms with van der Waals surface area (Å²) in [5, 5.41) is 0. The summed E-state index contributed by atoms with van der Waals surface area (Å²) in [6.45, 7) is 10.8. The van der Waals surface area contributed by atoms with Crippen molar-refractivity contribution in [3.8, 4) is 0 Å². The Morgan fingerprint density at radius 1 is 1.29 bits per heavy atom. The second-order valence-electron chi connectivity index (χ2n) is 7.10. The quantitative estimate of drug-likeness (QED) is 0.557. The standard InChI is InChI=1S/C21H30/c1-5-17(2)11-12-19(4)21(15-13-18(3)14-16-21)20-9-7-6-8-10-20/h6-10,18-19H,1,11-16H2,2-4H3. The van der Waals surface area contributed by atoms with Crippen LogP contribution in [0.25, 0.3) is 0 Å². The Hall–Kier alpha value is -1.26. The van der Waals surface area contributed by atoms with Gasteiger partial charge in [0.1, 0.15) is 0 Å². The first-order valence-corrected chi connectivity index (χ1v) is 8.49. The van der Waals surface area contributed by atoms with Gasteiger partial charge in [0.2, 0.25) is 0 Å². The molecule has 1 atom stereocenters. The zero-order valence-corrected chi connectivity index (χ0v) is 14.0. The Bertz CT molecular complexity index is 482. The van der Waals surface area contributed by atoms with E-state index < -0.39 is 0 Å². The zero-order valence-electron chi connectivity index (χ0n) is 14.0. The van der Waals surface area contributed by atoms with Crippen LogP contribution in [0.1, 0.15) is 64.9 Å². The molecule has 0 N–H and O–H groups in total. The largest absolute Gasteiger partial charge is 0.130 e. The minimum atomic E-state index is 0.384. The maximum absolute atomic E-state index is 3.77. The first-order chi connectivity index (χ1) is 10.1. The molecule has 0 aliphatic heterocycles. The van der Waals surface area contributed by atoms with Crippen molar-refractivity contribution in [2.75, 3.05) is 0 Å². The highest BCUT2D eigenvalue weighted by atomic mass is 14.4. The summed E-state index contributed by atoms with van der Waals surface area (Å²) in [5.41, 5.74) is 6.29. The molecule has 1 aliphatic carbocycles. The molecule has 1 aromatic carbocycles. The lowest BCUT2D eigenvalue weighted by molar-refractivity contribution is 0.165. The molecule has 1 unspecified atom stereocenters. The average Bonchev–Trinajstić information content (AvgIpc) is 2.54. The number of allylic oxidation sites excluding steroid dienone is 1. The fourth-order valence-corrected chi connectivity index (χ4v) is 3.91. The van der Waals surface area contributed by atoms with E-state index in [9.17, 15) is 0 Å². The molecule has 0 aromatic heterocycles. The summed E-state index contributed by atoms with van der Waals surface area (Å²) >= 11 is 0. The number of hydrogen-bond acceptors (Lipinski definition) is 0. The zero-order chi connectivity index (χ0) is 15.3. The van der Waals surface area contributed by atoms with Crippen LogP contribution in [-0.2, 0) is 5.41 Å². The van der Waals surface area contributed by atoms with Crippen molar-refractivity contribution in [1.29, 1.82) is 0 Å². The Kier molecular flexibility index (Phi) is 5.48. The van der Waals surface area contributed by atoms with E-state index in [0.717, 1.165) is 18.3 Å². The Morgan fingerprint density at radius 2 is 1.90 bits per heavy atom. The molecule has 2 rings (SSSR count). The molecule has 1 fully saturated rings. The molecule has 0 radical (unpaired) electrons. The van der Waals surface area contributed by atoms with Crippen LogP contribution < -0.4 is 0 Å². The van der Waals surface area contributed by atoms with E-state index in [4.69, 9.17) is 0 Å². The number of rotatable bonds is 5. The second kappa shape index (κ2) is 7.14. The lowest BCUT2D eigenvalue weighted by Gasteiger charge is -2.45. The van der Waals surface area contributed by atoms with Crippen LogP contribution in [0.4, 0.5) is 0 Å². The second-order valence-corrected chi connectivity index (χ2v) is 7.10. The Labute approximate surface area is 131 Å². The molecule has 0 nitrogen and oxygen atoms in total. The van der Waals surface area contributed by atoms with E-state index in [1.807, 2.05) is 0 Å². The minimum Gasteiger partial charge on any atom is -0.130 e. The third-order valence-corrected chi connectivity index (χ3v) is 5.71. The third-order valence-electron chi connectivity index (χ3n) is 5.71. The van der Waals surface area contributed by atoms with E-state index in [1.165, 1.54) is 37.7 Å². The summed E-state index contributed by atoms with van der Waals surface area (Å²) < 4.78 is 0. The van der Waals surface area contributed by atoms with Crippen molar-refractivity contribution in [2.24, 2.45) is 11.8 Å². The molecule has 114 valence electrons. The summed E-state index contributed by atoms with van der Waals surface area (Å²) in [6, 6.07) is 11.2. The van der Waals surface area contributed by atoms with Gasteiger partial charge in [0.05, 0.1) is 0 Å². The highest BCUT2D eigenvalue weighted by Gasteiger charge is 2.39. The molecular formula is C21H30. The highest BCUT2D eigenvalue weighted by Crippen LogP contribution is 2.48. The molecule has 0 heteroatoms. The van der Waals surface area contributed by atoms with E-state index in [1.54, 1.807) is 5.56 Å². The average molecular weight is 282 g/mol. The molecule has 0 saturated heterocycles. The van der Waals surface area contributed by atoms with Gasteiger partial charge in [-0.25, -0.2) is 0 Å². The molecular weight excluding hydrogens is 252 g/mol. The van der Waals surface area contributed by atoms with Crippen molar-refractivity contribution < 1.29 is 0 Å². The van der Waals surface area contributed by atoms with Gasteiger partial charge in [-0.3, -0.25) is 0 Å². The van der Waals surface area contributed by atoms with Gasteiger partial charge >= 0.3 is 0 Å².